The number of fused-ring (bicyclic) bond motifs is 3. The van der Waals surface area contributed by atoms with Crippen LogP contribution in [0.3, 0.4) is 0 Å². The number of methoxy groups -OCH3 is 2. The normalized spacial score (nSPS) is 18.5. The molecule has 4 N–H and O–H groups in total. The second-order valence-electron chi connectivity index (χ2n) is 17.5. The lowest BCUT2D eigenvalue weighted by Crippen LogP contribution is -2.51. The molecule has 0 unspecified atom stereocenters. The average Bonchev–Trinajstić information content (AvgIpc) is 4.13. The van der Waals surface area contributed by atoms with Gasteiger partial charge in [-0.2, -0.15) is 0 Å². The standard InChI is InChI=1S/C49H57N9O6/c1-29(2)42(55-49(62)64-6)47(60)58-26-30(28-63-5)23-40(58)46-51-37-21-19-35-24-34(18-20-36(35)44(37)54-46)31-14-16-32(17-15-31)38-25-50-45(52-38)39-13-10-22-57(39)48(61)43(33-11-8-7-9-12-33)53-41(59)27-56(3)4/h7-9,11-12,14-21,24-25,29-30,39-40,42-43H,10,13,22-23,26-28H2,1-6H3,(H,50,52)(H,51,54)(H,53,59)(H,55,62)/t30-,39-,40-,42-,43+/m0/s1. The van der Waals surface area contributed by atoms with Crippen LogP contribution >= 0.6 is 0 Å². The quantitative estimate of drug-likeness (QED) is 0.0920. The van der Waals surface area contributed by atoms with Gasteiger partial charge in [-0.1, -0.05) is 86.6 Å². The molecular weight excluding hydrogens is 811 g/mol. The molecule has 334 valence electrons. The topological polar surface area (TPSA) is 178 Å². The molecule has 2 aliphatic rings. The maximum Gasteiger partial charge on any atom is 0.407 e. The zero-order valence-corrected chi connectivity index (χ0v) is 37.3. The van der Waals surface area contributed by atoms with E-state index in [1.165, 1.54) is 7.11 Å². The van der Waals surface area contributed by atoms with Gasteiger partial charge in [-0.05, 0) is 79.0 Å². The lowest BCUT2D eigenvalue weighted by molar-refractivity contribution is -0.137. The zero-order chi connectivity index (χ0) is 45.1. The molecule has 0 spiro atoms. The molecule has 8 rings (SSSR count). The van der Waals surface area contributed by atoms with Gasteiger partial charge in [-0.15, -0.1) is 0 Å². The van der Waals surface area contributed by atoms with E-state index in [1.54, 1.807) is 12.0 Å². The molecule has 64 heavy (non-hydrogen) atoms. The van der Waals surface area contributed by atoms with Gasteiger partial charge in [0, 0.05) is 31.5 Å². The number of benzene rings is 4. The van der Waals surface area contributed by atoms with Gasteiger partial charge in [0.2, 0.25) is 17.7 Å². The minimum Gasteiger partial charge on any atom is -0.453 e. The van der Waals surface area contributed by atoms with Gasteiger partial charge in [-0.25, -0.2) is 14.8 Å². The number of likely N-dealkylation sites (N-methyl/N-ethyl adjacent to an activating group) is 1. The van der Waals surface area contributed by atoms with E-state index < -0.39 is 18.2 Å². The molecule has 2 aromatic heterocycles. The molecule has 2 saturated heterocycles. The SMILES string of the molecule is COC[C@H]1C[C@@H](c2nc3c(ccc4cc(-c5ccc(-c6cnc([C@@H]7CCCN7C(=O)[C@H](NC(=O)CN(C)C)c7ccccc7)[nH]6)cc5)ccc43)[nH]2)N(C(=O)[C@@H](NC(=O)OC)C(C)C)C1. The number of hydrogen-bond donors (Lipinski definition) is 4. The van der Waals surface area contributed by atoms with Crippen molar-refractivity contribution in [3.8, 4) is 22.4 Å². The number of rotatable bonds is 14. The Bertz CT molecular complexity index is 2620. The third-order valence-corrected chi connectivity index (χ3v) is 12.4. The van der Waals surface area contributed by atoms with Gasteiger partial charge in [0.25, 0.3) is 0 Å². The van der Waals surface area contributed by atoms with E-state index in [2.05, 4.69) is 69.1 Å². The third kappa shape index (κ3) is 9.22. The van der Waals surface area contributed by atoms with E-state index in [0.29, 0.717) is 31.9 Å². The van der Waals surface area contributed by atoms with E-state index in [1.807, 2.05) is 80.3 Å². The Balaban J connectivity index is 0.992. The van der Waals surface area contributed by atoms with Crippen molar-refractivity contribution >= 4 is 45.6 Å². The Hall–Kier alpha value is -6.58. The molecule has 4 amide bonds. The fraction of sp³-hybridized carbons (Fsp3) is 0.388. The van der Waals surface area contributed by atoms with Crippen molar-refractivity contribution in [3.05, 3.63) is 108 Å². The fourth-order valence-electron chi connectivity index (χ4n) is 9.22. The van der Waals surface area contributed by atoms with Gasteiger partial charge in [0.15, 0.2) is 0 Å². The highest BCUT2D eigenvalue weighted by atomic mass is 16.5. The van der Waals surface area contributed by atoms with Crippen LogP contribution in [0.2, 0.25) is 0 Å². The number of nitrogens with one attached hydrogen (secondary N) is 4. The first-order valence-electron chi connectivity index (χ1n) is 21.9. The van der Waals surface area contributed by atoms with E-state index in [0.717, 1.165) is 68.4 Å². The molecule has 0 bridgehead atoms. The lowest BCUT2D eigenvalue weighted by atomic mass is 9.99. The number of nitrogens with zero attached hydrogens (tertiary/aromatic N) is 5. The van der Waals surface area contributed by atoms with Crippen LogP contribution in [0.25, 0.3) is 44.2 Å². The molecule has 15 heteroatoms. The van der Waals surface area contributed by atoms with Gasteiger partial charge in [-0.3, -0.25) is 14.4 Å². The van der Waals surface area contributed by atoms with Gasteiger partial charge < -0.3 is 44.8 Å². The Morgan fingerprint density at radius 1 is 0.844 bits per heavy atom. The summed E-state index contributed by atoms with van der Waals surface area (Å²) in [6, 6.07) is 26.1. The summed E-state index contributed by atoms with van der Waals surface area (Å²) < 4.78 is 10.3. The second kappa shape index (κ2) is 19.0. The summed E-state index contributed by atoms with van der Waals surface area (Å²) in [6.45, 7) is 5.55. The van der Waals surface area contributed by atoms with Crippen LogP contribution in [-0.2, 0) is 23.9 Å². The summed E-state index contributed by atoms with van der Waals surface area (Å²) in [7, 11) is 6.60. The Labute approximate surface area is 372 Å². The Kier molecular flexibility index (Phi) is 13.1. The molecule has 5 atom stereocenters. The van der Waals surface area contributed by atoms with Crippen LogP contribution in [0.1, 0.15) is 68.4 Å². The molecule has 15 nitrogen and oxygen atoms in total. The van der Waals surface area contributed by atoms with Gasteiger partial charge >= 0.3 is 6.09 Å². The summed E-state index contributed by atoms with van der Waals surface area (Å²) >= 11 is 0. The smallest absolute Gasteiger partial charge is 0.407 e. The number of likely N-dealkylation sites (tertiary alicyclic amines) is 2. The average molecular weight is 868 g/mol. The van der Waals surface area contributed by atoms with Crippen LogP contribution in [0, 0.1) is 11.8 Å². The molecule has 0 aliphatic carbocycles. The van der Waals surface area contributed by atoms with E-state index >= 15 is 0 Å². The minimum atomic E-state index is -0.800. The Morgan fingerprint density at radius 2 is 1.59 bits per heavy atom. The maximum atomic E-state index is 14.2. The molecule has 0 saturated carbocycles. The predicted octanol–water partition coefficient (Wildman–Crippen LogP) is 6.77. The highest BCUT2D eigenvalue weighted by Crippen LogP contribution is 2.38. The molecular formula is C49H57N9O6. The fourth-order valence-corrected chi connectivity index (χ4v) is 9.22. The molecule has 2 fully saturated rings. The van der Waals surface area contributed by atoms with E-state index in [9.17, 15) is 19.2 Å². The van der Waals surface area contributed by atoms with Crippen LogP contribution in [0.4, 0.5) is 4.79 Å². The van der Waals surface area contributed by atoms with Gasteiger partial charge in [0.05, 0.1) is 55.3 Å². The number of aromatic nitrogens is 4. The van der Waals surface area contributed by atoms with Crippen LogP contribution in [-0.4, -0.2) is 119 Å². The van der Waals surface area contributed by atoms with Crippen molar-refractivity contribution in [1.82, 2.24) is 45.3 Å². The van der Waals surface area contributed by atoms with E-state index in [4.69, 9.17) is 19.4 Å². The number of H-pyrrole nitrogens is 2. The largest absolute Gasteiger partial charge is 0.453 e. The van der Waals surface area contributed by atoms with Crippen molar-refractivity contribution in [2.75, 3.05) is 54.6 Å². The number of ether oxygens (including phenoxy) is 2. The first kappa shape index (κ1) is 44.0. The first-order valence-corrected chi connectivity index (χ1v) is 21.9. The van der Waals surface area contributed by atoms with E-state index in [-0.39, 0.29) is 48.2 Å². The molecule has 4 aromatic carbocycles. The lowest BCUT2D eigenvalue weighted by Gasteiger charge is -2.30. The number of carbonyl (C=O) groups is 4. The number of carbonyl (C=O) groups excluding carboxylic acids is 4. The number of aromatic amines is 2. The van der Waals surface area contributed by atoms with Crippen molar-refractivity contribution in [2.24, 2.45) is 11.8 Å². The highest BCUT2D eigenvalue weighted by molar-refractivity contribution is 6.05. The van der Waals surface area contributed by atoms with Gasteiger partial charge in [0.1, 0.15) is 23.7 Å². The maximum absolute atomic E-state index is 14.2. The second-order valence-corrected chi connectivity index (χ2v) is 17.5. The molecule has 0 radical (unpaired) electrons. The molecule has 6 aromatic rings. The van der Waals surface area contributed by atoms with Crippen LogP contribution in [0.5, 0.6) is 0 Å². The summed E-state index contributed by atoms with van der Waals surface area (Å²) in [6.07, 6.45) is 3.44. The number of hydrogen-bond acceptors (Lipinski definition) is 9. The summed E-state index contributed by atoms with van der Waals surface area (Å²) in [5.41, 5.74) is 6.37. The summed E-state index contributed by atoms with van der Waals surface area (Å²) in [4.78, 5) is 75.6. The van der Waals surface area contributed by atoms with Crippen molar-refractivity contribution in [3.63, 3.8) is 0 Å². The number of alkyl carbamates (subject to hydrolysis) is 1. The van der Waals surface area contributed by atoms with Crippen LogP contribution < -0.4 is 10.6 Å². The molecule has 2 aliphatic heterocycles. The van der Waals surface area contributed by atoms with Crippen molar-refractivity contribution in [2.45, 2.75) is 57.3 Å². The monoisotopic (exact) mass is 867 g/mol. The number of amides is 4. The first-order chi connectivity index (χ1) is 30.9. The zero-order valence-electron chi connectivity index (χ0n) is 37.3. The third-order valence-electron chi connectivity index (χ3n) is 12.4. The number of imidazole rings is 2. The minimum absolute atomic E-state index is 0.112. The highest BCUT2D eigenvalue weighted by Gasteiger charge is 2.42. The van der Waals surface area contributed by atoms with Crippen molar-refractivity contribution in [1.29, 1.82) is 0 Å². The van der Waals surface area contributed by atoms with Crippen molar-refractivity contribution < 1.29 is 28.7 Å². The summed E-state index contributed by atoms with van der Waals surface area (Å²) in [5.74, 6) is 0.829. The predicted molar refractivity (Wildman–Crippen MR) is 245 cm³/mol. The Morgan fingerprint density at radius 3 is 2.31 bits per heavy atom. The van der Waals surface area contributed by atoms with Crippen LogP contribution in [0.15, 0.2) is 91.1 Å². The molecule has 4 heterocycles. The summed E-state index contributed by atoms with van der Waals surface area (Å²) in [5, 5.41) is 7.74.